The molecule has 1 aromatic heterocycles. The minimum atomic E-state index is -0.141. The first kappa shape index (κ1) is 17.7. The maximum Gasteiger partial charge on any atom is 0.148 e. The molecule has 1 aromatic rings. The molecule has 1 rings (SSSR count). The van der Waals surface area contributed by atoms with Gasteiger partial charge in [0.25, 0.3) is 0 Å². The maximum atomic E-state index is 5.62. The number of anilines is 2. The van der Waals surface area contributed by atoms with Crippen LogP contribution >= 0.6 is 0 Å². The van der Waals surface area contributed by atoms with E-state index in [-0.39, 0.29) is 11.5 Å². The Bertz CT molecular complexity index is 470. The quantitative estimate of drug-likeness (QED) is 0.619. The molecule has 0 spiro atoms. The van der Waals surface area contributed by atoms with Gasteiger partial charge in [0.15, 0.2) is 0 Å². The number of hydrogen-bond donors (Lipinski definition) is 2. The molecule has 0 aliphatic carbocycles. The highest BCUT2D eigenvalue weighted by atomic mass is 16.5. The molecular formula is C15H29N5O. The Morgan fingerprint density at radius 3 is 2.38 bits per heavy atom. The highest BCUT2D eigenvalue weighted by Crippen LogP contribution is 2.29. The Hall–Kier alpha value is -1.40. The first-order chi connectivity index (χ1) is 9.76. The number of ether oxygens (including phenoxy) is 1. The lowest BCUT2D eigenvalue weighted by molar-refractivity contribution is 0.181. The van der Waals surface area contributed by atoms with E-state index in [2.05, 4.69) is 49.9 Å². The van der Waals surface area contributed by atoms with Gasteiger partial charge in [-0.05, 0) is 20.8 Å². The standard InChI is InChI=1S/C15H29N5O/c1-8-20(10(2)9-21-7)13-11(3)12(19-16)17-14(18-13)15(4,5)6/h10H,8-9,16H2,1-7H3,(H,17,18,19). The number of nitrogens with two attached hydrogens (primary N) is 1. The molecule has 0 fully saturated rings. The van der Waals surface area contributed by atoms with Gasteiger partial charge in [-0.1, -0.05) is 20.8 Å². The van der Waals surface area contributed by atoms with Crippen molar-refractivity contribution >= 4 is 11.6 Å². The van der Waals surface area contributed by atoms with Gasteiger partial charge in [0, 0.05) is 24.6 Å². The van der Waals surface area contributed by atoms with E-state index in [0.717, 1.165) is 23.8 Å². The first-order valence-electron chi connectivity index (χ1n) is 7.37. The topological polar surface area (TPSA) is 76.3 Å². The third-order valence-electron chi connectivity index (χ3n) is 3.48. The summed E-state index contributed by atoms with van der Waals surface area (Å²) in [5, 5.41) is 0. The molecule has 1 atom stereocenters. The summed E-state index contributed by atoms with van der Waals surface area (Å²) in [7, 11) is 1.71. The summed E-state index contributed by atoms with van der Waals surface area (Å²) in [6.45, 7) is 14.0. The van der Waals surface area contributed by atoms with E-state index < -0.39 is 0 Å². The van der Waals surface area contributed by atoms with Gasteiger partial charge in [-0.25, -0.2) is 15.8 Å². The summed E-state index contributed by atoms with van der Waals surface area (Å²) in [6.07, 6.45) is 0. The van der Waals surface area contributed by atoms with E-state index in [1.54, 1.807) is 7.11 Å². The number of likely N-dealkylation sites (N-methyl/N-ethyl adjacent to an activating group) is 1. The summed E-state index contributed by atoms with van der Waals surface area (Å²) >= 11 is 0. The second kappa shape index (κ2) is 7.04. The van der Waals surface area contributed by atoms with Crippen molar-refractivity contribution in [2.24, 2.45) is 5.84 Å². The summed E-state index contributed by atoms with van der Waals surface area (Å²) in [4.78, 5) is 11.5. The average molecular weight is 295 g/mol. The molecule has 3 N–H and O–H groups in total. The van der Waals surface area contributed by atoms with Crippen LogP contribution in [0.3, 0.4) is 0 Å². The van der Waals surface area contributed by atoms with Crippen LogP contribution in [0.2, 0.25) is 0 Å². The van der Waals surface area contributed by atoms with Crippen LogP contribution in [0.1, 0.15) is 46.0 Å². The van der Waals surface area contributed by atoms with Crippen LogP contribution in [-0.2, 0) is 10.2 Å². The number of methoxy groups -OCH3 is 1. The van der Waals surface area contributed by atoms with E-state index >= 15 is 0 Å². The molecule has 6 heteroatoms. The summed E-state index contributed by atoms with van der Waals surface area (Å²) in [5.74, 6) is 7.99. The Morgan fingerprint density at radius 1 is 1.33 bits per heavy atom. The summed E-state index contributed by atoms with van der Waals surface area (Å²) < 4.78 is 5.28. The van der Waals surface area contributed by atoms with Gasteiger partial charge < -0.3 is 15.1 Å². The van der Waals surface area contributed by atoms with E-state index in [1.165, 1.54) is 0 Å². The zero-order valence-electron chi connectivity index (χ0n) is 14.3. The number of nitrogens with zero attached hydrogens (tertiary/aromatic N) is 3. The average Bonchev–Trinajstić information content (AvgIpc) is 2.40. The van der Waals surface area contributed by atoms with Gasteiger partial charge in [-0.15, -0.1) is 0 Å². The number of hydrogen-bond acceptors (Lipinski definition) is 6. The van der Waals surface area contributed by atoms with Crippen molar-refractivity contribution in [3.63, 3.8) is 0 Å². The Morgan fingerprint density at radius 2 is 1.95 bits per heavy atom. The number of aromatic nitrogens is 2. The smallest absolute Gasteiger partial charge is 0.148 e. The van der Waals surface area contributed by atoms with E-state index in [1.807, 2.05) is 6.92 Å². The van der Waals surface area contributed by atoms with Crippen LogP contribution in [0.5, 0.6) is 0 Å². The van der Waals surface area contributed by atoms with E-state index in [4.69, 9.17) is 15.6 Å². The molecule has 0 amide bonds. The van der Waals surface area contributed by atoms with Crippen LogP contribution in [0.25, 0.3) is 0 Å². The monoisotopic (exact) mass is 295 g/mol. The SMILES string of the molecule is CCN(c1nc(C(C)(C)C)nc(NN)c1C)C(C)COC. The fourth-order valence-corrected chi connectivity index (χ4v) is 2.26. The molecule has 0 saturated heterocycles. The van der Waals surface area contributed by atoms with Crippen molar-refractivity contribution in [1.29, 1.82) is 0 Å². The lowest BCUT2D eigenvalue weighted by Gasteiger charge is -2.31. The van der Waals surface area contributed by atoms with Crippen LogP contribution < -0.4 is 16.2 Å². The van der Waals surface area contributed by atoms with Crippen molar-refractivity contribution in [2.45, 2.75) is 53.0 Å². The van der Waals surface area contributed by atoms with Crippen molar-refractivity contribution < 1.29 is 4.74 Å². The van der Waals surface area contributed by atoms with Crippen LogP contribution in [-0.4, -0.2) is 36.3 Å². The van der Waals surface area contributed by atoms with Gasteiger partial charge in [0.2, 0.25) is 0 Å². The molecule has 6 nitrogen and oxygen atoms in total. The fraction of sp³-hybridized carbons (Fsp3) is 0.733. The third-order valence-corrected chi connectivity index (χ3v) is 3.48. The molecule has 0 bridgehead atoms. The molecule has 1 heterocycles. The summed E-state index contributed by atoms with van der Waals surface area (Å²) in [5.41, 5.74) is 3.50. The van der Waals surface area contributed by atoms with Gasteiger partial charge in [-0.3, -0.25) is 0 Å². The number of rotatable bonds is 6. The molecule has 120 valence electrons. The second-order valence-corrected chi connectivity index (χ2v) is 6.33. The minimum absolute atomic E-state index is 0.141. The Labute approximate surface area is 128 Å². The number of hydrazine groups is 1. The predicted molar refractivity (Wildman–Crippen MR) is 87.6 cm³/mol. The molecule has 1 unspecified atom stereocenters. The van der Waals surface area contributed by atoms with Gasteiger partial charge in [0.1, 0.15) is 17.5 Å². The molecule has 0 aromatic carbocycles. The third kappa shape index (κ3) is 4.04. The van der Waals surface area contributed by atoms with E-state index in [9.17, 15) is 0 Å². The van der Waals surface area contributed by atoms with Crippen molar-refractivity contribution in [2.75, 3.05) is 30.6 Å². The van der Waals surface area contributed by atoms with Gasteiger partial charge in [0.05, 0.1) is 12.6 Å². The first-order valence-corrected chi connectivity index (χ1v) is 7.37. The lowest BCUT2D eigenvalue weighted by atomic mass is 9.95. The fourth-order valence-electron chi connectivity index (χ4n) is 2.26. The molecular weight excluding hydrogens is 266 g/mol. The van der Waals surface area contributed by atoms with Crippen LogP contribution in [0.4, 0.5) is 11.6 Å². The van der Waals surface area contributed by atoms with Crippen molar-refractivity contribution in [1.82, 2.24) is 9.97 Å². The van der Waals surface area contributed by atoms with Crippen LogP contribution in [0.15, 0.2) is 0 Å². The zero-order valence-corrected chi connectivity index (χ0v) is 14.3. The van der Waals surface area contributed by atoms with Crippen molar-refractivity contribution in [3.8, 4) is 0 Å². The highest BCUT2D eigenvalue weighted by Gasteiger charge is 2.24. The summed E-state index contributed by atoms with van der Waals surface area (Å²) in [6, 6.07) is 0.229. The minimum Gasteiger partial charge on any atom is -0.383 e. The maximum absolute atomic E-state index is 5.62. The zero-order chi connectivity index (χ0) is 16.2. The molecule has 0 aliphatic heterocycles. The number of nitrogen functional groups attached to an aromatic ring is 1. The predicted octanol–water partition coefficient (Wildman–Crippen LogP) is 2.23. The van der Waals surface area contributed by atoms with Crippen molar-refractivity contribution in [3.05, 3.63) is 11.4 Å². The molecule has 21 heavy (non-hydrogen) atoms. The lowest BCUT2D eigenvalue weighted by Crippen LogP contribution is -2.38. The van der Waals surface area contributed by atoms with Gasteiger partial charge in [-0.2, -0.15) is 0 Å². The van der Waals surface area contributed by atoms with Crippen LogP contribution in [0, 0.1) is 6.92 Å². The van der Waals surface area contributed by atoms with Gasteiger partial charge >= 0.3 is 0 Å². The largest absolute Gasteiger partial charge is 0.383 e. The normalized spacial score (nSPS) is 13.1. The van der Waals surface area contributed by atoms with E-state index in [0.29, 0.717) is 12.4 Å². The molecule has 0 aliphatic rings. The molecule has 0 saturated carbocycles. The highest BCUT2D eigenvalue weighted by molar-refractivity contribution is 5.59. The number of nitrogens with one attached hydrogen (secondary N) is 1. The Kier molecular flexibility index (Phi) is 5.92. The second-order valence-electron chi connectivity index (χ2n) is 6.33. The Balaban J connectivity index is 3.38. The molecule has 0 radical (unpaired) electrons.